The Kier molecular flexibility index (Phi) is 4.29. The molecule has 1 saturated carbocycles. The molecule has 0 radical (unpaired) electrons. The van der Waals surface area contributed by atoms with Gasteiger partial charge in [0.05, 0.1) is 11.3 Å². The van der Waals surface area contributed by atoms with Gasteiger partial charge < -0.3 is 4.90 Å². The highest BCUT2D eigenvalue weighted by Gasteiger charge is 2.33. The number of likely N-dealkylation sites (tertiary alicyclic amines) is 1. The molecule has 2 aliphatic rings. The zero-order valence-electron chi connectivity index (χ0n) is 11.0. The van der Waals surface area contributed by atoms with Gasteiger partial charge in [-0.3, -0.25) is 0 Å². The summed E-state index contributed by atoms with van der Waals surface area (Å²) >= 11 is 0. The molecule has 4 nitrogen and oxygen atoms in total. The van der Waals surface area contributed by atoms with Gasteiger partial charge in [-0.05, 0) is 45.2 Å². The van der Waals surface area contributed by atoms with E-state index < -0.39 is 9.84 Å². The fraction of sp³-hybridized carbons (Fsp3) is 0.923. The van der Waals surface area contributed by atoms with Crippen molar-refractivity contribution < 1.29 is 8.42 Å². The van der Waals surface area contributed by atoms with Crippen LogP contribution < -0.4 is 0 Å². The highest BCUT2D eigenvalue weighted by molar-refractivity contribution is 7.91. The third kappa shape index (κ3) is 3.24. The van der Waals surface area contributed by atoms with Crippen LogP contribution in [0.5, 0.6) is 0 Å². The van der Waals surface area contributed by atoms with Gasteiger partial charge in [0.1, 0.15) is 9.84 Å². The van der Waals surface area contributed by atoms with E-state index in [9.17, 15) is 8.42 Å². The Morgan fingerprint density at radius 1 is 1.17 bits per heavy atom. The standard InChI is InChI=1S/C13H22N2O2S/c1-18(16,17)13-4-2-3-12(9-13)15-7-5-11(10-14)6-8-15/h11-13H,2-9H2,1H3. The second-order valence-electron chi connectivity index (χ2n) is 5.71. The Bertz CT molecular complexity index is 419. The van der Waals surface area contributed by atoms with Gasteiger partial charge in [0.25, 0.3) is 0 Å². The van der Waals surface area contributed by atoms with E-state index in [1.165, 1.54) is 6.26 Å². The molecular formula is C13H22N2O2S. The lowest BCUT2D eigenvalue weighted by atomic mass is 9.90. The van der Waals surface area contributed by atoms with Crippen molar-refractivity contribution in [2.75, 3.05) is 19.3 Å². The number of rotatable bonds is 2. The second kappa shape index (κ2) is 5.58. The van der Waals surface area contributed by atoms with Crippen molar-refractivity contribution in [1.82, 2.24) is 4.90 Å². The van der Waals surface area contributed by atoms with E-state index in [-0.39, 0.29) is 11.2 Å². The van der Waals surface area contributed by atoms with Crippen molar-refractivity contribution >= 4 is 9.84 Å². The summed E-state index contributed by atoms with van der Waals surface area (Å²) in [6.45, 7) is 1.92. The molecule has 18 heavy (non-hydrogen) atoms. The second-order valence-corrected chi connectivity index (χ2v) is 8.04. The molecular weight excluding hydrogens is 248 g/mol. The van der Waals surface area contributed by atoms with E-state index >= 15 is 0 Å². The van der Waals surface area contributed by atoms with Crippen molar-refractivity contribution in [3.8, 4) is 6.07 Å². The molecule has 0 bridgehead atoms. The molecule has 2 unspecified atom stereocenters. The van der Waals surface area contributed by atoms with Crippen molar-refractivity contribution in [3.63, 3.8) is 0 Å². The summed E-state index contributed by atoms with van der Waals surface area (Å²) in [5.74, 6) is 0.204. The van der Waals surface area contributed by atoms with Crippen LogP contribution in [-0.2, 0) is 9.84 Å². The van der Waals surface area contributed by atoms with Crippen molar-refractivity contribution in [3.05, 3.63) is 0 Å². The Labute approximate surface area is 110 Å². The minimum Gasteiger partial charge on any atom is -0.300 e. The van der Waals surface area contributed by atoms with Gasteiger partial charge in [-0.1, -0.05) is 6.42 Å². The number of hydrogen-bond donors (Lipinski definition) is 0. The zero-order chi connectivity index (χ0) is 13.2. The van der Waals surface area contributed by atoms with E-state index in [0.29, 0.717) is 6.04 Å². The maximum Gasteiger partial charge on any atom is 0.150 e. The van der Waals surface area contributed by atoms with Gasteiger partial charge in [0.2, 0.25) is 0 Å². The third-order valence-corrected chi connectivity index (χ3v) is 6.07. The fourth-order valence-corrected chi connectivity index (χ4v) is 4.40. The Morgan fingerprint density at radius 3 is 2.39 bits per heavy atom. The molecule has 1 aliphatic carbocycles. The molecule has 1 heterocycles. The van der Waals surface area contributed by atoms with Crippen molar-refractivity contribution in [1.29, 1.82) is 5.26 Å². The quantitative estimate of drug-likeness (QED) is 0.764. The Balaban J connectivity index is 1.92. The highest BCUT2D eigenvalue weighted by Crippen LogP contribution is 2.29. The van der Waals surface area contributed by atoms with Gasteiger partial charge in [0, 0.05) is 18.2 Å². The SMILES string of the molecule is CS(=O)(=O)C1CCCC(N2CCC(C#N)CC2)C1. The molecule has 0 spiro atoms. The smallest absolute Gasteiger partial charge is 0.150 e. The summed E-state index contributed by atoms with van der Waals surface area (Å²) in [6, 6.07) is 2.75. The van der Waals surface area contributed by atoms with Gasteiger partial charge >= 0.3 is 0 Å². The van der Waals surface area contributed by atoms with Crippen molar-refractivity contribution in [2.24, 2.45) is 5.92 Å². The summed E-state index contributed by atoms with van der Waals surface area (Å²) in [4.78, 5) is 2.41. The summed E-state index contributed by atoms with van der Waals surface area (Å²) in [7, 11) is -2.89. The normalized spacial score (nSPS) is 32.0. The summed E-state index contributed by atoms with van der Waals surface area (Å²) in [6.07, 6.45) is 6.99. The van der Waals surface area contributed by atoms with Crippen LogP contribution in [-0.4, -0.2) is 44.0 Å². The molecule has 0 aromatic rings. The lowest BCUT2D eigenvalue weighted by molar-refractivity contribution is 0.119. The average Bonchev–Trinajstić information content (AvgIpc) is 2.38. The predicted octanol–water partition coefficient (Wildman–Crippen LogP) is 1.58. The minimum atomic E-state index is -2.89. The molecule has 2 atom stereocenters. The lowest BCUT2D eigenvalue weighted by Gasteiger charge is -2.39. The first-order valence-electron chi connectivity index (χ1n) is 6.83. The van der Waals surface area contributed by atoms with Crippen LogP contribution >= 0.6 is 0 Å². The van der Waals surface area contributed by atoms with E-state index in [1.54, 1.807) is 0 Å². The summed E-state index contributed by atoms with van der Waals surface area (Å²) < 4.78 is 23.3. The van der Waals surface area contributed by atoms with Crippen LogP contribution in [0.3, 0.4) is 0 Å². The Morgan fingerprint density at radius 2 is 1.83 bits per heavy atom. The highest BCUT2D eigenvalue weighted by atomic mass is 32.2. The van der Waals surface area contributed by atoms with E-state index in [1.807, 2.05) is 0 Å². The van der Waals surface area contributed by atoms with Crippen LogP contribution in [0.2, 0.25) is 0 Å². The van der Waals surface area contributed by atoms with Gasteiger partial charge in [-0.25, -0.2) is 8.42 Å². The van der Waals surface area contributed by atoms with Crippen LogP contribution in [0.1, 0.15) is 38.5 Å². The fourth-order valence-electron chi connectivity index (χ4n) is 3.23. The number of nitriles is 1. The first kappa shape index (κ1) is 13.8. The third-order valence-electron chi connectivity index (χ3n) is 4.43. The number of piperidine rings is 1. The predicted molar refractivity (Wildman–Crippen MR) is 70.8 cm³/mol. The van der Waals surface area contributed by atoms with Crippen LogP contribution in [0.15, 0.2) is 0 Å². The molecule has 1 aliphatic heterocycles. The van der Waals surface area contributed by atoms with E-state index in [0.717, 1.165) is 51.6 Å². The topological polar surface area (TPSA) is 61.2 Å². The molecule has 1 saturated heterocycles. The van der Waals surface area contributed by atoms with Gasteiger partial charge in [0.15, 0.2) is 0 Å². The molecule has 0 aromatic carbocycles. The number of hydrogen-bond acceptors (Lipinski definition) is 4. The monoisotopic (exact) mass is 270 g/mol. The number of sulfone groups is 1. The van der Waals surface area contributed by atoms with Crippen molar-refractivity contribution in [2.45, 2.75) is 49.8 Å². The van der Waals surface area contributed by atoms with Crippen LogP contribution in [0.25, 0.3) is 0 Å². The molecule has 0 amide bonds. The summed E-state index contributed by atoms with van der Waals surface area (Å²) in [5.41, 5.74) is 0. The maximum absolute atomic E-state index is 11.7. The van der Waals surface area contributed by atoms with E-state index in [2.05, 4.69) is 11.0 Å². The van der Waals surface area contributed by atoms with Crippen LogP contribution in [0, 0.1) is 17.2 Å². The van der Waals surface area contributed by atoms with Gasteiger partial charge in [-0.15, -0.1) is 0 Å². The zero-order valence-corrected chi connectivity index (χ0v) is 11.8. The lowest BCUT2D eigenvalue weighted by Crippen LogP contribution is -2.45. The summed E-state index contributed by atoms with van der Waals surface area (Å²) in [5, 5.41) is 8.74. The van der Waals surface area contributed by atoms with Crippen LogP contribution in [0.4, 0.5) is 0 Å². The minimum absolute atomic E-state index is 0.148. The average molecular weight is 270 g/mol. The maximum atomic E-state index is 11.7. The number of nitrogens with zero attached hydrogens (tertiary/aromatic N) is 2. The molecule has 2 fully saturated rings. The molecule has 0 aromatic heterocycles. The molecule has 2 rings (SSSR count). The van der Waals surface area contributed by atoms with E-state index in [4.69, 9.17) is 5.26 Å². The molecule has 5 heteroatoms. The largest absolute Gasteiger partial charge is 0.300 e. The van der Waals surface area contributed by atoms with Gasteiger partial charge in [-0.2, -0.15) is 5.26 Å². The Hall–Kier alpha value is -0.600. The molecule has 102 valence electrons. The first-order valence-corrected chi connectivity index (χ1v) is 8.78. The first-order chi connectivity index (χ1) is 8.50. The molecule has 0 N–H and O–H groups in total.